The maximum Gasteiger partial charge on any atom is 0.191 e. The van der Waals surface area contributed by atoms with Gasteiger partial charge < -0.3 is 20.3 Å². The molecular formula is C19H33IN4O. The number of ether oxygens (including phenoxy) is 1. The summed E-state index contributed by atoms with van der Waals surface area (Å²) in [5.41, 5.74) is 0. The highest BCUT2D eigenvalue weighted by atomic mass is 127. The van der Waals surface area contributed by atoms with E-state index < -0.39 is 0 Å². The normalized spacial score (nSPS) is 16.2. The van der Waals surface area contributed by atoms with Gasteiger partial charge in [-0.3, -0.25) is 4.99 Å². The van der Waals surface area contributed by atoms with Crippen LogP contribution in [0, 0.1) is 5.92 Å². The lowest BCUT2D eigenvalue weighted by atomic mass is 9.99. The van der Waals surface area contributed by atoms with Crippen molar-refractivity contribution >= 4 is 29.9 Å². The van der Waals surface area contributed by atoms with Gasteiger partial charge in [-0.25, -0.2) is 0 Å². The largest absolute Gasteiger partial charge is 0.492 e. The Morgan fingerprint density at radius 3 is 2.52 bits per heavy atom. The molecular weight excluding hydrogens is 427 g/mol. The molecule has 6 heteroatoms. The van der Waals surface area contributed by atoms with Crippen LogP contribution >= 0.6 is 24.0 Å². The van der Waals surface area contributed by atoms with Gasteiger partial charge in [-0.2, -0.15) is 0 Å². The van der Waals surface area contributed by atoms with Crippen LogP contribution in [-0.2, 0) is 0 Å². The Hall–Kier alpha value is -1.02. The molecule has 1 heterocycles. The Morgan fingerprint density at radius 2 is 1.84 bits per heavy atom. The van der Waals surface area contributed by atoms with Crippen LogP contribution in [0.2, 0.25) is 0 Å². The number of halogens is 1. The van der Waals surface area contributed by atoms with Crippen molar-refractivity contribution in [2.45, 2.75) is 26.2 Å². The number of hydrogen-bond donors (Lipinski definition) is 2. The third-order valence-electron chi connectivity index (χ3n) is 4.45. The average Bonchev–Trinajstić information content (AvgIpc) is 2.62. The van der Waals surface area contributed by atoms with E-state index in [0.717, 1.165) is 37.1 Å². The molecule has 0 unspecified atom stereocenters. The molecule has 2 rings (SSSR count). The molecule has 0 saturated carbocycles. The van der Waals surface area contributed by atoms with Crippen molar-refractivity contribution < 1.29 is 4.74 Å². The second kappa shape index (κ2) is 13.2. The number of benzene rings is 1. The van der Waals surface area contributed by atoms with Crippen LogP contribution in [0.1, 0.15) is 26.2 Å². The van der Waals surface area contributed by atoms with Crippen molar-refractivity contribution in [1.82, 2.24) is 15.5 Å². The minimum atomic E-state index is 0. The van der Waals surface area contributed by atoms with Crippen molar-refractivity contribution in [3.05, 3.63) is 30.3 Å². The van der Waals surface area contributed by atoms with E-state index in [2.05, 4.69) is 27.4 Å². The zero-order chi connectivity index (χ0) is 17.0. The fraction of sp³-hybridized carbons (Fsp3) is 0.632. The molecule has 1 aromatic carbocycles. The Bertz CT molecular complexity index is 476. The Labute approximate surface area is 169 Å². The first-order valence-electron chi connectivity index (χ1n) is 9.12. The third kappa shape index (κ3) is 9.30. The SMILES string of the molecule is CN=C(NCCCN1CCC(C)CC1)NCCOc1ccccc1.I. The molecule has 1 aliphatic heterocycles. The predicted molar refractivity (Wildman–Crippen MR) is 116 cm³/mol. The second-order valence-corrected chi connectivity index (χ2v) is 6.46. The summed E-state index contributed by atoms with van der Waals surface area (Å²) < 4.78 is 5.66. The van der Waals surface area contributed by atoms with E-state index >= 15 is 0 Å². The molecule has 5 nitrogen and oxygen atoms in total. The second-order valence-electron chi connectivity index (χ2n) is 6.46. The van der Waals surface area contributed by atoms with E-state index in [-0.39, 0.29) is 24.0 Å². The molecule has 0 aromatic heterocycles. The molecule has 0 spiro atoms. The molecule has 142 valence electrons. The predicted octanol–water partition coefficient (Wildman–Crippen LogP) is 2.97. The van der Waals surface area contributed by atoms with Gasteiger partial charge in [0.1, 0.15) is 12.4 Å². The maximum absolute atomic E-state index is 5.66. The zero-order valence-corrected chi connectivity index (χ0v) is 17.9. The van der Waals surface area contributed by atoms with Crippen LogP contribution in [-0.4, -0.2) is 57.2 Å². The van der Waals surface area contributed by atoms with Crippen molar-refractivity contribution in [3.63, 3.8) is 0 Å². The molecule has 2 N–H and O–H groups in total. The Balaban J connectivity index is 0.00000312. The summed E-state index contributed by atoms with van der Waals surface area (Å²) in [7, 11) is 1.80. The maximum atomic E-state index is 5.66. The van der Waals surface area contributed by atoms with Crippen LogP contribution in [0.4, 0.5) is 0 Å². The van der Waals surface area contributed by atoms with Crippen molar-refractivity contribution in [2.24, 2.45) is 10.9 Å². The lowest BCUT2D eigenvalue weighted by molar-refractivity contribution is 0.191. The van der Waals surface area contributed by atoms with E-state index in [1.807, 2.05) is 30.3 Å². The first-order valence-corrected chi connectivity index (χ1v) is 9.12. The number of hydrogen-bond acceptors (Lipinski definition) is 3. The summed E-state index contributed by atoms with van der Waals surface area (Å²) in [6.45, 7) is 8.35. The van der Waals surface area contributed by atoms with E-state index in [1.54, 1.807) is 7.05 Å². The van der Waals surface area contributed by atoms with Crippen LogP contribution in [0.5, 0.6) is 5.75 Å². The molecule has 0 atom stereocenters. The van der Waals surface area contributed by atoms with Crippen molar-refractivity contribution in [3.8, 4) is 5.75 Å². The summed E-state index contributed by atoms with van der Waals surface area (Å²) in [6.07, 6.45) is 3.84. The first-order chi connectivity index (χ1) is 11.8. The van der Waals surface area contributed by atoms with Crippen LogP contribution in [0.3, 0.4) is 0 Å². The van der Waals surface area contributed by atoms with Crippen LogP contribution < -0.4 is 15.4 Å². The van der Waals surface area contributed by atoms with E-state index in [4.69, 9.17) is 4.74 Å². The summed E-state index contributed by atoms with van der Waals surface area (Å²) in [6, 6.07) is 9.88. The molecule has 1 aliphatic rings. The molecule has 0 amide bonds. The summed E-state index contributed by atoms with van der Waals surface area (Å²) in [5.74, 6) is 2.65. The monoisotopic (exact) mass is 460 g/mol. The lowest BCUT2D eigenvalue weighted by Crippen LogP contribution is -2.41. The first kappa shape index (κ1) is 22.0. The average molecular weight is 460 g/mol. The minimum absolute atomic E-state index is 0. The smallest absolute Gasteiger partial charge is 0.191 e. The highest BCUT2D eigenvalue weighted by Gasteiger charge is 2.14. The Morgan fingerprint density at radius 1 is 1.16 bits per heavy atom. The topological polar surface area (TPSA) is 48.9 Å². The number of nitrogens with zero attached hydrogens (tertiary/aromatic N) is 2. The molecule has 0 aliphatic carbocycles. The van der Waals surface area contributed by atoms with Crippen LogP contribution in [0.15, 0.2) is 35.3 Å². The summed E-state index contributed by atoms with van der Waals surface area (Å²) in [5, 5.41) is 6.66. The lowest BCUT2D eigenvalue weighted by Gasteiger charge is -2.30. The van der Waals surface area contributed by atoms with Gasteiger partial charge in [-0.1, -0.05) is 25.1 Å². The van der Waals surface area contributed by atoms with Gasteiger partial charge in [0.15, 0.2) is 5.96 Å². The van der Waals surface area contributed by atoms with E-state index in [0.29, 0.717) is 6.61 Å². The van der Waals surface area contributed by atoms with Gasteiger partial charge in [0.2, 0.25) is 0 Å². The number of nitrogens with one attached hydrogen (secondary N) is 2. The minimum Gasteiger partial charge on any atom is -0.492 e. The van der Waals surface area contributed by atoms with Crippen molar-refractivity contribution in [2.75, 3.05) is 46.4 Å². The van der Waals surface area contributed by atoms with Crippen molar-refractivity contribution in [1.29, 1.82) is 0 Å². The summed E-state index contributed by atoms with van der Waals surface area (Å²) in [4.78, 5) is 6.83. The number of para-hydroxylation sites is 1. The van der Waals surface area contributed by atoms with E-state index in [9.17, 15) is 0 Å². The van der Waals surface area contributed by atoms with Gasteiger partial charge in [0.25, 0.3) is 0 Å². The number of likely N-dealkylation sites (tertiary alicyclic amines) is 1. The fourth-order valence-electron chi connectivity index (χ4n) is 2.87. The summed E-state index contributed by atoms with van der Waals surface area (Å²) >= 11 is 0. The highest BCUT2D eigenvalue weighted by molar-refractivity contribution is 14.0. The molecule has 1 fully saturated rings. The molecule has 1 saturated heterocycles. The molecule has 0 radical (unpaired) electrons. The number of guanidine groups is 1. The van der Waals surface area contributed by atoms with Crippen LogP contribution in [0.25, 0.3) is 0 Å². The standard InChI is InChI=1S/C19H32N4O.HI/c1-17-9-14-23(15-10-17)13-6-11-21-19(20-2)22-12-16-24-18-7-4-3-5-8-18;/h3-5,7-8,17H,6,9-16H2,1-2H3,(H2,20,21,22);1H. The van der Waals surface area contributed by atoms with Gasteiger partial charge >= 0.3 is 0 Å². The number of aliphatic imine (C=N–C) groups is 1. The van der Waals surface area contributed by atoms with Gasteiger partial charge in [0.05, 0.1) is 6.54 Å². The van der Waals surface area contributed by atoms with Gasteiger partial charge in [-0.15, -0.1) is 24.0 Å². The van der Waals surface area contributed by atoms with E-state index in [1.165, 1.54) is 32.5 Å². The molecule has 0 bridgehead atoms. The Kier molecular flexibility index (Phi) is 11.6. The quantitative estimate of drug-likeness (QED) is 0.271. The zero-order valence-electron chi connectivity index (χ0n) is 15.5. The number of piperidine rings is 1. The fourth-order valence-corrected chi connectivity index (χ4v) is 2.87. The molecule has 1 aromatic rings. The third-order valence-corrected chi connectivity index (χ3v) is 4.45. The molecule has 25 heavy (non-hydrogen) atoms. The highest BCUT2D eigenvalue weighted by Crippen LogP contribution is 2.15. The number of rotatable bonds is 8. The van der Waals surface area contributed by atoms with Gasteiger partial charge in [-0.05, 0) is 56.9 Å². The van der Waals surface area contributed by atoms with Gasteiger partial charge in [0, 0.05) is 13.6 Å².